The number of nitrogens with one attached hydrogen (secondary N) is 1. The van der Waals surface area contributed by atoms with E-state index in [1.54, 1.807) is 18.2 Å². The molecule has 0 saturated carbocycles. The number of fused-ring (bicyclic) bond motifs is 1. The van der Waals surface area contributed by atoms with Crippen molar-refractivity contribution in [1.82, 2.24) is 15.5 Å². The molecule has 0 amide bonds. The molecule has 1 aliphatic rings. The fourth-order valence-electron chi connectivity index (χ4n) is 4.04. The standard InChI is InChI=1S/C24H24N4O4/c1-14(2)31-21-10-9-15(11-16(21)12-25)24-27-23(28-32-24)19-7-3-6-18-17(19)5-4-8-20(18)26-13-22(29)30/h3,6-7,9-11,14,20,26H,4-5,8,13H2,1-2H3,(H,29,30). The smallest absolute Gasteiger partial charge is 0.317 e. The van der Waals surface area contributed by atoms with Gasteiger partial charge in [-0.15, -0.1) is 0 Å². The molecule has 0 spiro atoms. The highest BCUT2D eigenvalue weighted by Crippen LogP contribution is 2.36. The number of benzene rings is 2. The molecular weight excluding hydrogens is 408 g/mol. The van der Waals surface area contributed by atoms with Crippen LogP contribution in [0.3, 0.4) is 0 Å². The van der Waals surface area contributed by atoms with E-state index >= 15 is 0 Å². The monoisotopic (exact) mass is 432 g/mol. The maximum Gasteiger partial charge on any atom is 0.317 e. The van der Waals surface area contributed by atoms with Gasteiger partial charge in [-0.3, -0.25) is 4.79 Å². The molecule has 1 heterocycles. The maximum atomic E-state index is 11.0. The number of nitrogens with zero attached hydrogens (tertiary/aromatic N) is 3. The van der Waals surface area contributed by atoms with E-state index in [4.69, 9.17) is 14.4 Å². The van der Waals surface area contributed by atoms with Crippen LogP contribution in [0.1, 0.15) is 49.4 Å². The Hall–Kier alpha value is -3.70. The first-order valence-corrected chi connectivity index (χ1v) is 10.6. The maximum absolute atomic E-state index is 11.0. The third-order valence-electron chi connectivity index (χ3n) is 5.38. The molecule has 1 unspecified atom stereocenters. The normalized spacial score (nSPS) is 15.2. The first kappa shape index (κ1) is 21.5. The Morgan fingerprint density at radius 2 is 2.22 bits per heavy atom. The van der Waals surface area contributed by atoms with Crippen LogP contribution in [0.15, 0.2) is 40.9 Å². The first-order valence-electron chi connectivity index (χ1n) is 10.6. The molecule has 2 N–H and O–H groups in total. The Labute approximate surface area is 185 Å². The highest BCUT2D eigenvalue weighted by Gasteiger charge is 2.25. The van der Waals surface area contributed by atoms with Crippen LogP contribution in [0.2, 0.25) is 0 Å². The van der Waals surface area contributed by atoms with Crippen molar-refractivity contribution >= 4 is 5.97 Å². The van der Waals surface area contributed by atoms with Gasteiger partial charge in [0.1, 0.15) is 11.8 Å². The van der Waals surface area contributed by atoms with Gasteiger partial charge in [0.05, 0.1) is 18.2 Å². The average Bonchev–Trinajstić information content (AvgIpc) is 3.27. The van der Waals surface area contributed by atoms with Crippen LogP contribution in [0.25, 0.3) is 22.8 Å². The Kier molecular flexibility index (Phi) is 6.19. The van der Waals surface area contributed by atoms with E-state index in [1.165, 1.54) is 0 Å². The van der Waals surface area contributed by atoms with E-state index in [9.17, 15) is 10.1 Å². The number of aliphatic carboxylic acids is 1. The van der Waals surface area contributed by atoms with E-state index in [-0.39, 0.29) is 18.7 Å². The van der Waals surface area contributed by atoms with Gasteiger partial charge in [-0.05, 0) is 62.4 Å². The van der Waals surface area contributed by atoms with E-state index < -0.39 is 5.97 Å². The van der Waals surface area contributed by atoms with E-state index in [0.717, 1.165) is 36.0 Å². The predicted molar refractivity (Wildman–Crippen MR) is 117 cm³/mol. The first-order chi connectivity index (χ1) is 15.5. The van der Waals surface area contributed by atoms with Crippen LogP contribution in [-0.4, -0.2) is 33.9 Å². The van der Waals surface area contributed by atoms with Gasteiger partial charge in [0.2, 0.25) is 5.82 Å². The van der Waals surface area contributed by atoms with Gasteiger partial charge in [-0.25, -0.2) is 0 Å². The molecule has 0 fully saturated rings. The summed E-state index contributed by atoms with van der Waals surface area (Å²) in [6.45, 7) is 3.72. The summed E-state index contributed by atoms with van der Waals surface area (Å²) in [5.41, 5.74) is 4.10. The number of carbonyl (C=O) groups is 1. The summed E-state index contributed by atoms with van der Waals surface area (Å²) in [6, 6.07) is 13.2. The molecule has 0 bridgehead atoms. The molecule has 0 saturated heterocycles. The van der Waals surface area contributed by atoms with Crippen molar-refractivity contribution in [3.8, 4) is 34.7 Å². The van der Waals surface area contributed by atoms with Crippen molar-refractivity contribution in [2.45, 2.75) is 45.3 Å². The number of nitriles is 1. The molecule has 1 atom stereocenters. The Bertz CT molecular complexity index is 1180. The highest BCUT2D eigenvalue weighted by atomic mass is 16.5. The average molecular weight is 432 g/mol. The second-order valence-electron chi connectivity index (χ2n) is 8.01. The van der Waals surface area contributed by atoms with Gasteiger partial charge >= 0.3 is 5.97 Å². The van der Waals surface area contributed by atoms with Gasteiger partial charge in [0.15, 0.2) is 0 Å². The second kappa shape index (κ2) is 9.20. The molecule has 2 aromatic carbocycles. The van der Waals surface area contributed by atoms with Gasteiger partial charge < -0.3 is 19.7 Å². The molecule has 0 radical (unpaired) electrons. The number of aromatic nitrogens is 2. The van der Waals surface area contributed by atoms with E-state index in [2.05, 4.69) is 21.5 Å². The van der Waals surface area contributed by atoms with Gasteiger partial charge in [-0.1, -0.05) is 23.4 Å². The third-order valence-corrected chi connectivity index (χ3v) is 5.38. The van der Waals surface area contributed by atoms with Crippen molar-refractivity contribution in [3.63, 3.8) is 0 Å². The van der Waals surface area contributed by atoms with Crippen LogP contribution in [0, 0.1) is 11.3 Å². The number of carboxylic acid groups (broad SMARTS) is 1. The number of carboxylic acids is 1. The van der Waals surface area contributed by atoms with Crippen molar-refractivity contribution in [2.75, 3.05) is 6.54 Å². The fourth-order valence-corrected chi connectivity index (χ4v) is 4.04. The zero-order chi connectivity index (χ0) is 22.7. The lowest BCUT2D eigenvalue weighted by atomic mass is 9.84. The minimum Gasteiger partial charge on any atom is -0.490 e. The van der Waals surface area contributed by atoms with Gasteiger partial charge in [0.25, 0.3) is 5.89 Å². The zero-order valence-corrected chi connectivity index (χ0v) is 18.0. The summed E-state index contributed by atoms with van der Waals surface area (Å²) in [5.74, 6) is 0.430. The molecule has 3 aromatic rings. The Morgan fingerprint density at radius 1 is 1.38 bits per heavy atom. The summed E-state index contributed by atoms with van der Waals surface area (Å²) in [7, 11) is 0. The van der Waals surface area contributed by atoms with Crippen LogP contribution >= 0.6 is 0 Å². The van der Waals surface area contributed by atoms with Crippen molar-refractivity contribution < 1.29 is 19.2 Å². The molecule has 32 heavy (non-hydrogen) atoms. The summed E-state index contributed by atoms with van der Waals surface area (Å²) in [5, 5.41) is 25.8. The Morgan fingerprint density at radius 3 is 2.97 bits per heavy atom. The fraction of sp³-hybridized carbons (Fsp3) is 0.333. The van der Waals surface area contributed by atoms with Crippen LogP contribution < -0.4 is 10.1 Å². The lowest BCUT2D eigenvalue weighted by Crippen LogP contribution is -2.30. The highest BCUT2D eigenvalue weighted by molar-refractivity contribution is 5.69. The van der Waals surface area contributed by atoms with Crippen molar-refractivity contribution in [1.29, 1.82) is 5.26 Å². The van der Waals surface area contributed by atoms with Crippen molar-refractivity contribution in [3.05, 3.63) is 53.1 Å². The number of hydrogen-bond donors (Lipinski definition) is 2. The SMILES string of the molecule is CC(C)Oc1ccc(-c2nc(-c3cccc4c3CCCC4NCC(=O)O)no2)cc1C#N. The van der Waals surface area contributed by atoms with Gasteiger partial charge in [-0.2, -0.15) is 10.2 Å². The zero-order valence-electron chi connectivity index (χ0n) is 18.0. The molecule has 8 nitrogen and oxygen atoms in total. The predicted octanol–water partition coefficient (Wildman–Crippen LogP) is 4.11. The largest absolute Gasteiger partial charge is 0.490 e. The lowest BCUT2D eigenvalue weighted by molar-refractivity contribution is -0.136. The molecule has 1 aliphatic carbocycles. The van der Waals surface area contributed by atoms with E-state index in [0.29, 0.717) is 28.6 Å². The number of ether oxygens (including phenoxy) is 1. The van der Waals surface area contributed by atoms with E-state index in [1.807, 2.05) is 32.0 Å². The summed E-state index contributed by atoms with van der Waals surface area (Å²) in [4.78, 5) is 15.6. The summed E-state index contributed by atoms with van der Waals surface area (Å²) < 4.78 is 11.2. The summed E-state index contributed by atoms with van der Waals surface area (Å²) in [6.07, 6.45) is 2.64. The molecule has 164 valence electrons. The molecule has 0 aliphatic heterocycles. The number of rotatable bonds is 7. The van der Waals surface area contributed by atoms with Crippen LogP contribution in [0.4, 0.5) is 0 Å². The quantitative estimate of drug-likeness (QED) is 0.572. The minimum absolute atomic E-state index is 0.0205. The van der Waals surface area contributed by atoms with Crippen LogP contribution in [0.5, 0.6) is 5.75 Å². The second-order valence-corrected chi connectivity index (χ2v) is 8.01. The Balaban J connectivity index is 1.64. The molecule has 1 aromatic heterocycles. The molecule has 4 rings (SSSR count). The minimum atomic E-state index is -0.877. The van der Waals surface area contributed by atoms with Crippen LogP contribution in [-0.2, 0) is 11.2 Å². The lowest BCUT2D eigenvalue weighted by Gasteiger charge is -2.27. The van der Waals surface area contributed by atoms with Gasteiger partial charge in [0, 0.05) is 17.2 Å². The third kappa shape index (κ3) is 4.48. The van der Waals surface area contributed by atoms with Crippen molar-refractivity contribution in [2.24, 2.45) is 0 Å². The number of hydrogen-bond acceptors (Lipinski definition) is 7. The molecular formula is C24H24N4O4. The summed E-state index contributed by atoms with van der Waals surface area (Å²) >= 11 is 0. The molecule has 8 heteroatoms. The topological polar surface area (TPSA) is 121 Å².